The molecule has 2 N–H and O–H groups in total. The summed E-state index contributed by atoms with van der Waals surface area (Å²) in [5.74, 6) is 0.810. The number of imidazole rings is 1. The third kappa shape index (κ3) is 4.86. The van der Waals surface area contributed by atoms with Crippen molar-refractivity contribution in [2.75, 3.05) is 10.6 Å². The van der Waals surface area contributed by atoms with Gasteiger partial charge in [0.2, 0.25) is 5.78 Å². The fraction of sp³-hybridized carbons (Fsp3) is 0.222. The number of aromatic nitrogens is 5. The number of ketones is 1. The third-order valence-corrected chi connectivity index (χ3v) is 6.00. The van der Waals surface area contributed by atoms with Crippen LogP contribution in [0.1, 0.15) is 48.1 Å². The number of hydrogen-bond donors (Lipinski definition) is 2. The highest BCUT2D eigenvalue weighted by molar-refractivity contribution is 6.08. The van der Waals surface area contributed by atoms with Gasteiger partial charge in [0, 0.05) is 53.3 Å². The van der Waals surface area contributed by atoms with Crippen molar-refractivity contribution in [3.63, 3.8) is 0 Å². The normalized spacial score (nSPS) is 11.6. The molecule has 5 aromatic rings. The van der Waals surface area contributed by atoms with Gasteiger partial charge in [-0.2, -0.15) is 5.10 Å². The second-order valence-corrected chi connectivity index (χ2v) is 9.96. The van der Waals surface area contributed by atoms with Crippen molar-refractivity contribution in [3.05, 3.63) is 83.8 Å². The van der Waals surface area contributed by atoms with Crippen LogP contribution in [0.2, 0.25) is 0 Å². The predicted octanol–water partition coefficient (Wildman–Crippen LogP) is 5.20. The number of carbonyl (C=O) groups excluding carboxylic acids is 2. The van der Waals surface area contributed by atoms with Gasteiger partial charge in [0.1, 0.15) is 17.1 Å². The molecule has 0 aliphatic rings. The third-order valence-electron chi connectivity index (χ3n) is 6.00. The summed E-state index contributed by atoms with van der Waals surface area (Å²) in [5.41, 5.74) is 4.89. The lowest BCUT2D eigenvalue weighted by molar-refractivity contribution is 0.103. The van der Waals surface area contributed by atoms with Crippen LogP contribution in [-0.4, -0.2) is 36.1 Å². The van der Waals surface area contributed by atoms with Crippen LogP contribution in [0.25, 0.3) is 16.8 Å². The van der Waals surface area contributed by atoms with Gasteiger partial charge in [0.15, 0.2) is 5.82 Å². The highest BCUT2D eigenvalue weighted by atomic mass is 16.5. The molecular formula is C27H27N7O3. The fourth-order valence-corrected chi connectivity index (χ4v) is 3.97. The minimum atomic E-state index is -0.465. The number of amides is 2. The number of aryl methyl sites for hydroxylation is 2. The Labute approximate surface area is 213 Å². The van der Waals surface area contributed by atoms with Crippen molar-refractivity contribution < 1.29 is 14.1 Å². The molecule has 2 amide bonds. The summed E-state index contributed by atoms with van der Waals surface area (Å²) in [4.78, 5) is 30.1. The zero-order valence-corrected chi connectivity index (χ0v) is 21.2. The summed E-state index contributed by atoms with van der Waals surface area (Å²) in [6, 6.07) is 9.86. The molecule has 0 bridgehead atoms. The Morgan fingerprint density at radius 3 is 2.41 bits per heavy atom. The fourth-order valence-electron chi connectivity index (χ4n) is 3.97. The van der Waals surface area contributed by atoms with Crippen LogP contribution in [0.5, 0.6) is 0 Å². The first-order valence-electron chi connectivity index (χ1n) is 11.8. The van der Waals surface area contributed by atoms with Gasteiger partial charge < -0.3 is 9.84 Å². The average Bonchev–Trinajstić information content (AvgIpc) is 3.58. The quantitative estimate of drug-likeness (QED) is 0.322. The monoisotopic (exact) mass is 497 g/mol. The van der Waals surface area contributed by atoms with Gasteiger partial charge in [0.25, 0.3) is 0 Å². The van der Waals surface area contributed by atoms with Crippen molar-refractivity contribution >= 4 is 29.0 Å². The summed E-state index contributed by atoms with van der Waals surface area (Å²) < 4.78 is 8.82. The maximum absolute atomic E-state index is 13.3. The molecule has 1 aromatic carbocycles. The predicted molar refractivity (Wildman–Crippen MR) is 140 cm³/mol. The zero-order valence-electron chi connectivity index (χ0n) is 21.2. The number of benzene rings is 1. The zero-order chi connectivity index (χ0) is 26.3. The first-order valence-corrected chi connectivity index (χ1v) is 11.8. The first kappa shape index (κ1) is 24.0. The Kier molecular flexibility index (Phi) is 5.87. The Morgan fingerprint density at radius 2 is 1.76 bits per heavy atom. The molecule has 0 saturated heterocycles. The van der Waals surface area contributed by atoms with Gasteiger partial charge in [0.05, 0.1) is 12.4 Å². The number of anilines is 2. The lowest BCUT2D eigenvalue weighted by Crippen LogP contribution is -2.19. The van der Waals surface area contributed by atoms with Crippen LogP contribution in [0.4, 0.5) is 16.3 Å². The van der Waals surface area contributed by atoms with Gasteiger partial charge in [-0.25, -0.2) is 9.78 Å². The first-order chi connectivity index (χ1) is 17.6. The number of pyridine rings is 1. The number of carbonyl (C=O) groups is 2. The van der Waals surface area contributed by atoms with Gasteiger partial charge in [-0.15, -0.1) is 0 Å². The Balaban J connectivity index is 1.32. The molecule has 0 fully saturated rings. The molecule has 0 aliphatic heterocycles. The summed E-state index contributed by atoms with van der Waals surface area (Å²) in [7, 11) is 1.86. The molecular weight excluding hydrogens is 470 g/mol. The van der Waals surface area contributed by atoms with E-state index < -0.39 is 6.03 Å². The number of nitrogens with zero attached hydrogens (tertiary/aromatic N) is 5. The molecule has 0 unspecified atom stereocenters. The molecule has 4 heterocycles. The molecule has 10 nitrogen and oxygen atoms in total. The lowest BCUT2D eigenvalue weighted by Gasteiger charge is -2.12. The van der Waals surface area contributed by atoms with Crippen molar-refractivity contribution in [3.8, 4) is 11.1 Å². The molecule has 10 heteroatoms. The molecule has 37 heavy (non-hydrogen) atoms. The van der Waals surface area contributed by atoms with E-state index >= 15 is 0 Å². The standard InChI is InChI=1S/C27H27N7O3/c1-16-10-24-28-13-21(34(24)15-20(16)18-12-29-33(5)14-18)25(35)17-6-8-19(9-7-17)30-26(36)31-23-11-22(37-32-23)27(2,3)4/h6-15H,1-5H3,(H2,30,31,32,36). The van der Waals surface area contributed by atoms with E-state index in [2.05, 4.69) is 25.9 Å². The molecule has 5 rings (SSSR count). The van der Waals surface area contributed by atoms with Crippen molar-refractivity contribution in [1.82, 2.24) is 24.3 Å². The summed E-state index contributed by atoms with van der Waals surface area (Å²) >= 11 is 0. The summed E-state index contributed by atoms with van der Waals surface area (Å²) in [6.45, 7) is 7.99. The van der Waals surface area contributed by atoms with Gasteiger partial charge in [-0.3, -0.25) is 19.2 Å². The van der Waals surface area contributed by atoms with Crippen molar-refractivity contribution in [2.45, 2.75) is 33.1 Å². The minimum absolute atomic E-state index is 0.179. The van der Waals surface area contributed by atoms with E-state index in [1.54, 1.807) is 51.8 Å². The number of urea groups is 1. The van der Waals surface area contributed by atoms with E-state index in [0.717, 1.165) is 16.7 Å². The Bertz CT molecular complexity index is 1620. The number of hydrogen-bond acceptors (Lipinski definition) is 6. The van der Waals surface area contributed by atoms with E-state index in [0.29, 0.717) is 34.2 Å². The van der Waals surface area contributed by atoms with Crippen LogP contribution in [-0.2, 0) is 12.5 Å². The van der Waals surface area contributed by atoms with E-state index in [9.17, 15) is 9.59 Å². The molecule has 0 atom stereocenters. The summed E-state index contributed by atoms with van der Waals surface area (Å²) in [5, 5.41) is 13.5. The van der Waals surface area contributed by atoms with E-state index in [4.69, 9.17) is 4.52 Å². The largest absolute Gasteiger partial charge is 0.359 e. The highest BCUT2D eigenvalue weighted by Crippen LogP contribution is 2.26. The van der Waals surface area contributed by atoms with Crippen LogP contribution < -0.4 is 10.6 Å². The SMILES string of the molecule is Cc1cc2ncc(C(=O)c3ccc(NC(=O)Nc4cc(C(C)(C)C)on4)cc3)n2cc1-c1cnn(C)c1. The second-order valence-electron chi connectivity index (χ2n) is 9.96. The second kappa shape index (κ2) is 9.05. The van der Waals surface area contributed by atoms with Gasteiger partial charge in [-0.05, 0) is 42.8 Å². The molecule has 4 aromatic heterocycles. The molecule has 0 saturated carbocycles. The number of nitrogens with one attached hydrogen (secondary N) is 2. The molecule has 0 aliphatic carbocycles. The van der Waals surface area contributed by atoms with Crippen LogP contribution >= 0.6 is 0 Å². The van der Waals surface area contributed by atoms with Crippen LogP contribution in [0.15, 0.2) is 65.7 Å². The van der Waals surface area contributed by atoms with Crippen molar-refractivity contribution in [1.29, 1.82) is 0 Å². The average molecular weight is 498 g/mol. The number of fused-ring (bicyclic) bond motifs is 1. The Hall–Kier alpha value is -4.73. The smallest absolute Gasteiger partial charge is 0.324 e. The lowest BCUT2D eigenvalue weighted by atomic mass is 9.93. The maximum Gasteiger partial charge on any atom is 0.324 e. The summed E-state index contributed by atoms with van der Waals surface area (Å²) in [6.07, 6.45) is 7.21. The molecule has 188 valence electrons. The van der Waals surface area contributed by atoms with Crippen molar-refractivity contribution in [2.24, 2.45) is 7.05 Å². The highest BCUT2D eigenvalue weighted by Gasteiger charge is 2.21. The van der Waals surface area contributed by atoms with Crippen LogP contribution in [0, 0.1) is 6.92 Å². The minimum Gasteiger partial charge on any atom is -0.359 e. The van der Waals surface area contributed by atoms with Crippen LogP contribution in [0.3, 0.4) is 0 Å². The van der Waals surface area contributed by atoms with Gasteiger partial charge >= 0.3 is 6.03 Å². The van der Waals surface area contributed by atoms with E-state index in [1.807, 2.05) is 53.2 Å². The van der Waals surface area contributed by atoms with E-state index in [1.165, 1.54) is 0 Å². The van der Waals surface area contributed by atoms with Gasteiger partial charge in [-0.1, -0.05) is 25.9 Å². The Morgan fingerprint density at radius 1 is 1.00 bits per heavy atom. The number of rotatable bonds is 5. The maximum atomic E-state index is 13.3. The van der Waals surface area contributed by atoms with E-state index in [-0.39, 0.29) is 11.2 Å². The molecule has 0 radical (unpaired) electrons. The molecule has 0 spiro atoms. The topological polar surface area (TPSA) is 119 Å².